The minimum absolute atomic E-state index is 0.311. The van der Waals surface area contributed by atoms with Gasteiger partial charge in [0.25, 0.3) is 5.91 Å². The molecule has 1 fully saturated rings. The number of urea groups is 1. The Morgan fingerprint density at radius 1 is 1.21 bits per heavy atom. The average molecular weight is 412 g/mol. The monoisotopic (exact) mass is 411 g/mol. The molecule has 2 heterocycles. The van der Waals surface area contributed by atoms with E-state index in [1.54, 1.807) is 44.2 Å². The molecule has 1 saturated heterocycles. The molecule has 148 valence electrons. The Labute approximate surface area is 171 Å². The first kappa shape index (κ1) is 19.0. The molecule has 0 bridgehead atoms. The normalized spacial score (nSPS) is 18.9. The van der Waals surface area contributed by atoms with E-state index in [0.29, 0.717) is 27.6 Å². The van der Waals surface area contributed by atoms with Gasteiger partial charge in [-0.3, -0.25) is 14.5 Å². The second-order valence-electron chi connectivity index (χ2n) is 7.06. The molecule has 7 nitrogen and oxygen atoms in total. The lowest BCUT2D eigenvalue weighted by Crippen LogP contribution is -2.41. The number of furan rings is 1. The number of imide groups is 1. The lowest BCUT2D eigenvalue weighted by molar-refractivity contribution is -0.134. The number of carbonyl (C=O) groups excluding carboxylic acids is 3. The second-order valence-corrected chi connectivity index (χ2v) is 7.46. The van der Waals surface area contributed by atoms with Gasteiger partial charge in [0.1, 0.15) is 17.9 Å². The first-order chi connectivity index (χ1) is 13.8. The molecular weight excluding hydrogens is 394 g/mol. The summed E-state index contributed by atoms with van der Waals surface area (Å²) in [6.07, 6.45) is 0. The van der Waals surface area contributed by atoms with Crippen molar-refractivity contribution in [2.24, 2.45) is 0 Å². The van der Waals surface area contributed by atoms with Gasteiger partial charge in [-0.1, -0.05) is 35.9 Å². The van der Waals surface area contributed by atoms with Crippen molar-refractivity contribution >= 4 is 46.1 Å². The zero-order valence-electron chi connectivity index (χ0n) is 15.8. The van der Waals surface area contributed by atoms with Crippen molar-refractivity contribution in [3.05, 3.63) is 64.9 Å². The smallest absolute Gasteiger partial charge is 0.325 e. The van der Waals surface area contributed by atoms with Gasteiger partial charge in [-0.15, -0.1) is 0 Å². The molecule has 8 heteroatoms. The third kappa shape index (κ3) is 3.23. The van der Waals surface area contributed by atoms with Crippen LogP contribution in [0.15, 0.2) is 52.9 Å². The van der Waals surface area contributed by atoms with Crippen LogP contribution >= 0.6 is 11.6 Å². The number of para-hydroxylation sites is 1. The fourth-order valence-corrected chi connectivity index (χ4v) is 3.49. The Morgan fingerprint density at radius 3 is 2.72 bits per heavy atom. The van der Waals surface area contributed by atoms with Crippen LogP contribution in [-0.4, -0.2) is 29.3 Å². The van der Waals surface area contributed by atoms with Crippen molar-refractivity contribution in [3.8, 4) is 0 Å². The second kappa shape index (κ2) is 6.93. The van der Waals surface area contributed by atoms with Crippen LogP contribution in [-0.2, 0) is 15.1 Å². The number of hydrogen-bond acceptors (Lipinski definition) is 4. The summed E-state index contributed by atoms with van der Waals surface area (Å²) < 4.78 is 5.77. The van der Waals surface area contributed by atoms with Gasteiger partial charge >= 0.3 is 6.03 Å². The number of halogens is 1. The topological polar surface area (TPSA) is 91.7 Å². The zero-order valence-corrected chi connectivity index (χ0v) is 16.5. The third-order valence-corrected chi connectivity index (χ3v) is 5.45. The summed E-state index contributed by atoms with van der Waals surface area (Å²) >= 11 is 6.06. The molecule has 2 aromatic carbocycles. The van der Waals surface area contributed by atoms with Crippen molar-refractivity contribution in [1.82, 2.24) is 10.2 Å². The highest BCUT2D eigenvalue weighted by Crippen LogP contribution is 2.33. The van der Waals surface area contributed by atoms with Crippen molar-refractivity contribution in [2.45, 2.75) is 19.4 Å². The number of nitrogens with one attached hydrogen (secondary N) is 2. The standard InChI is InChI=1S/C21H18ClN3O4/c1-12-14(22)7-5-8-15(12)23-18(26)11-25-19(27)21(2,24-20(25)28)17-10-13-6-3-4-9-16(13)29-17/h3-10H,11H2,1-2H3,(H,23,26)(H,24,28). The number of benzene rings is 2. The minimum atomic E-state index is -1.39. The van der Waals surface area contributed by atoms with Crippen LogP contribution in [0.5, 0.6) is 0 Å². The molecule has 2 N–H and O–H groups in total. The largest absolute Gasteiger partial charge is 0.458 e. The van der Waals surface area contributed by atoms with E-state index in [4.69, 9.17) is 16.0 Å². The third-order valence-electron chi connectivity index (χ3n) is 5.04. The molecule has 1 aliphatic rings. The van der Waals surface area contributed by atoms with Gasteiger partial charge in [-0.25, -0.2) is 4.79 Å². The molecule has 1 atom stereocenters. The number of anilines is 1. The number of nitrogens with zero attached hydrogens (tertiary/aromatic N) is 1. The Hall–Kier alpha value is -3.32. The highest BCUT2D eigenvalue weighted by atomic mass is 35.5. The Kier molecular flexibility index (Phi) is 4.55. The molecule has 4 rings (SSSR count). The zero-order chi connectivity index (χ0) is 20.8. The molecule has 1 aliphatic heterocycles. The van der Waals surface area contributed by atoms with Crippen LogP contribution in [0.4, 0.5) is 10.5 Å². The number of fused-ring (bicyclic) bond motifs is 1. The van der Waals surface area contributed by atoms with E-state index in [-0.39, 0.29) is 0 Å². The summed E-state index contributed by atoms with van der Waals surface area (Å²) in [6.45, 7) is 2.90. The van der Waals surface area contributed by atoms with Crippen LogP contribution < -0.4 is 10.6 Å². The molecule has 4 amide bonds. The molecule has 3 aromatic rings. The SMILES string of the molecule is Cc1c(Cl)cccc1NC(=O)CN1C(=O)NC(C)(c2cc3ccccc3o2)C1=O. The van der Waals surface area contributed by atoms with Crippen LogP contribution in [0.3, 0.4) is 0 Å². The summed E-state index contributed by atoms with van der Waals surface area (Å²) in [7, 11) is 0. The number of carbonyl (C=O) groups is 3. The lowest BCUT2D eigenvalue weighted by Gasteiger charge is -2.19. The average Bonchev–Trinajstić information content (AvgIpc) is 3.21. The Bertz CT molecular complexity index is 1120. The fraction of sp³-hybridized carbons (Fsp3) is 0.190. The molecule has 1 aromatic heterocycles. The van der Waals surface area contributed by atoms with E-state index in [1.165, 1.54) is 0 Å². The van der Waals surface area contributed by atoms with Crippen molar-refractivity contribution in [3.63, 3.8) is 0 Å². The highest BCUT2D eigenvalue weighted by Gasteiger charge is 2.51. The molecular formula is C21H18ClN3O4. The summed E-state index contributed by atoms with van der Waals surface area (Å²) in [4.78, 5) is 38.8. The van der Waals surface area contributed by atoms with E-state index in [1.807, 2.05) is 18.2 Å². The van der Waals surface area contributed by atoms with Gasteiger partial charge in [-0.2, -0.15) is 0 Å². The molecule has 1 unspecified atom stereocenters. The highest BCUT2D eigenvalue weighted by molar-refractivity contribution is 6.31. The van der Waals surface area contributed by atoms with Crippen LogP contribution in [0.2, 0.25) is 5.02 Å². The van der Waals surface area contributed by atoms with E-state index in [0.717, 1.165) is 10.3 Å². The summed E-state index contributed by atoms with van der Waals surface area (Å²) in [5, 5.41) is 6.65. The molecule has 29 heavy (non-hydrogen) atoms. The van der Waals surface area contributed by atoms with E-state index >= 15 is 0 Å². The fourth-order valence-electron chi connectivity index (χ4n) is 3.31. The summed E-state index contributed by atoms with van der Waals surface area (Å²) in [6, 6.07) is 13.5. The van der Waals surface area contributed by atoms with Crippen molar-refractivity contribution < 1.29 is 18.8 Å². The number of rotatable bonds is 4. The van der Waals surface area contributed by atoms with E-state index in [2.05, 4.69) is 10.6 Å². The van der Waals surface area contributed by atoms with Gasteiger partial charge in [0.05, 0.1) is 0 Å². The molecule has 0 radical (unpaired) electrons. The predicted molar refractivity (Wildman–Crippen MR) is 109 cm³/mol. The van der Waals surface area contributed by atoms with Crippen LogP contribution in [0, 0.1) is 6.92 Å². The maximum atomic E-state index is 13.0. The molecule has 0 aliphatic carbocycles. The predicted octanol–water partition coefficient (Wildman–Crippen LogP) is 3.80. The van der Waals surface area contributed by atoms with Gasteiger partial charge in [0.2, 0.25) is 5.91 Å². The van der Waals surface area contributed by atoms with Crippen molar-refractivity contribution in [2.75, 3.05) is 11.9 Å². The van der Waals surface area contributed by atoms with Crippen LogP contribution in [0.25, 0.3) is 11.0 Å². The molecule has 0 saturated carbocycles. The van der Waals surface area contributed by atoms with E-state index in [9.17, 15) is 14.4 Å². The summed E-state index contributed by atoms with van der Waals surface area (Å²) in [5.41, 5.74) is 0.447. The first-order valence-corrected chi connectivity index (χ1v) is 9.35. The Balaban J connectivity index is 1.54. The summed E-state index contributed by atoms with van der Waals surface area (Å²) in [5.74, 6) is -0.752. The van der Waals surface area contributed by atoms with E-state index < -0.39 is 29.9 Å². The quantitative estimate of drug-likeness (QED) is 0.639. The maximum absolute atomic E-state index is 13.0. The van der Waals surface area contributed by atoms with Gasteiger partial charge in [0, 0.05) is 16.1 Å². The Morgan fingerprint density at radius 2 is 1.97 bits per heavy atom. The first-order valence-electron chi connectivity index (χ1n) is 8.98. The van der Waals surface area contributed by atoms with Gasteiger partial charge in [-0.05, 0) is 43.7 Å². The number of hydrogen-bond donors (Lipinski definition) is 2. The number of amides is 4. The maximum Gasteiger partial charge on any atom is 0.325 e. The molecule has 0 spiro atoms. The lowest BCUT2D eigenvalue weighted by atomic mass is 9.99. The minimum Gasteiger partial charge on any atom is -0.458 e. The van der Waals surface area contributed by atoms with Crippen molar-refractivity contribution in [1.29, 1.82) is 0 Å². The van der Waals surface area contributed by atoms with Gasteiger partial charge < -0.3 is 15.1 Å². The van der Waals surface area contributed by atoms with Gasteiger partial charge in [0.15, 0.2) is 5.54 Å². The van der Waals surface area contributed by atoms with Crippen LogP contribution in [0.1, 0.15) is 18.2 Å².